The number of aromatic nitrogens is 4. The average molecular weight is 857 g/mol. The van der Waals surface area contributed by atoms with Crippen molar-refractivity contribution in [3.8, 4) is 0 Å². The van der Waals surface area contributed by atoms with E-state index in [1.165, 1.54) is 6.20 Å². The first-order chi connectivity index (χ1) is 25.1. The van der Waals surface area contributed by atoms with Crippen molar-refractivity contribution in [1.29, 1.82) is 0 Å². The molecular weight excluding hydrogens is 808 g/mol. The smallest absolute Gasteiger partial charge is 0.410 e. The molecule has 0 spiro atoms. The number of nitrogens with two attached hydrogens (primary N) is 2. The van der Waals surface area contributed by atoms with Crippen molar-refractivity contribution < 1.29 is 19.1 Å². The van der Waals surface area contributed by atoms with Gasteiger partial charge < -0.3 is 37.1 Å². The van der Waals surface area contributed by atoms with Crippen LogP contribution in [0, 0.1) is 35.5 Å². The fraction of sp³-hybridized carbons (Fsp3) is 0.541. The first-order valence-electron chi connectivity index (χ1n) is 18.2. The van der Waals surface area contributed by atoms with E-state index in [1.54, 1.807) is 15.2 Å². The van der Waals surface area contributed by atoms with Gasteiger partial charge in [-0.15, -0.1) is 0 Å². The quantitative estimate of drug-likeness (QED) is 0.171. The SMILES string of the molecule is C[C@@H]1[C@H]2CN(C(=O)OC(C)(C)C)C[C@H]2C[C@H]1Nc1c(C(N)=O)cnn2cc(Br)cc12.C[C@@H]1[C@H]2CNC[C@H]2C[C@H]1Nc1c(C(N)=O)cnn2cc(Br)cc12. The first-order valence-corrected chi connectivity index (χ1v) is 19.8. The van der Waals surface area contributed by atoms with Gasteiger partial charge in [-0.1, -0.05) is 13.8 Å². The van der Waals surface area contributed by atoms with Gasteiger partial charge in [0.25, 0.3) is 11.8 Å². The third-order valence-electron chi connectivity index (χ3n) is 11.7. The van der Waals surface area contributed by atoms with Crippen molar-refractivity contribution in [2.24, 2.45) is 47.0 Å². The summed E-state index contributed by atoms with van der Waals surface area (Å²) in [6, 6.07) is 4.42. The summed E-state index contributed by atoms with van der Waals surface area (Å²) in [6.45, 7) is 13.7. The van der Waals surface area contributed by atoms with Crippen LogP contribution in [0.25, 0.3) is 11.0 Å². The maximum atomic E-state index is 12.5. The zero-order valence-electron chi connectivity index (χ0n) is 30.6. The van der Waals surface area contributed by atoms with Crippen LogP contribution < -0.4 is 27.4 Å². The van der Waals surface area contributed by atoms with E-state index in [2.05, 4.69) is 71.9 Å². The lowest BCUT2D eigenvalue weighted by atomic mass is 9.93. The molecule has 53 heavy (non-hydrogen) atoms. The molecule has 6 heterocycles. The van der Waals surface area contributed by atoms with Crippen molar-refractivity contribution in [1.82, 2.24) is 29.4 Å². The highest BCUT2D eigenvalue weighted by molar-refractivity contribution is 9.10. The summed E-state index contributed by atoms with van der Waals surface area (Å²) in [5.41, 5.74) is 14.7. The Labute approximate surface area is 325 Å². The molecule has 2 aliphatic heterocycles. The largest absolute Gasteiger partial charge is 0.444 e. The van der Waals surface area contributed by atoms with Gasteiger partial charge in [0.05, 0.1) is 45.9 Å². The van der Waals surface area contributed by atoms with Gasteiger partial charge in [0.15, 0.2) is 0 Å². The maximum absolute atomic E-state index is 12.5. The van der Waals surface area contributed by atoms with Gasteiger partial charge in [-0.2, -0.15) is 10.2 Å². The van der Waals surface area contributed by atoms with Crippen LogP contribution >= 0.6 is 31.9 Å². The first kappa shape index (κ1) is 37.4. The van der Waals surface area contributed by atoms with E-state index >= 15 is 0 Å². The van der Waals surface area contributed by atoms with E-state index in [-0.39, 0.29) is 12.1 Å². The van der Waals surface area contributed by atoms with E-state index in [0.29, 0.717) is 65.5 Å². The van der Waals surface area contributed by atoms with Crippen molar-refractivity contribution in [2.45, 2.75) is 65.1 Å². The molecule has 8 rings (SSSR count). The Bertz CT molecular complexity index is 2060. The van der Waals surface area contributed by atoms with E-state index in [0.717, 1.165) is 57.5 Å². The molecule has 4 fully saturated rings. The Morgan fingerprint density at radius 2 is 1.32 bits per heavy atom. The zero-order valence-corrected chi connectivity index (χ0v) is 33.8. The van der Waals surface area contributed by atoms with Gasteiger partial charge in [0.1, 0.15) is 5.60 Å². The minimum atomic E-state index is -0.508. The molecule has 4 aromatic heterocycles. The molecule has 0 radical (unpaired) electrons. The molecule has 14 nitrogen and oxygen atoms in total. The Balaban J connectivity index is 0.000000170. The summed E-state index contributed by atoms with van der Waals surface area (Å²) in [5, 5.41) is 19.2. The number of carbonyl (C=O) groups is 3. The molecule has 7 N–H and O–H groups in total. The number of hydrogen-bond donors (Lipinski definition) is 5. The molecule has 2 aliphatic carbocycles. The fourth-order valence-electron chi connectivity index (χ4n) is 9.00. The predicted octanol–water partition coefficient (Wildman–Crippen LogP) is 5.35. The van der Waals surface area contributed by atoms with Gasteiger partial charge in [-0.3, -0.25) is 9.59 Å². The van der Waals surface area contributed by atoms with E-state index < -0.39 is 17.4 Å². The maximum Gasteiger partial charge on any atom is 0.410 e. The zero-order chi connectivity index (χ0) is 37.9. The second-order valence-corrected chi connectivity index (χ2v) is 18.0. The van der Waals surface area contributed by atoms with Crippen LogP contribution in [0.1, 0.15) is 68.2 Å². The number of rotatable bonds is 6. The summed E-state index contributed by atoms with van der Waals surface area (Å²) in [7, 11) is 0. The lowest BCUT2D eigenvalue weighted by Crippen LogP contribution is -2.37. The van der Waals surface area contributed by atoms with Crippen molar-refractivity contribution >= 4 is 72.2 Å². The molecular formula is C37H48Br2N10O4. The fourth-order valence-corrected chi connectivity index (χ4v) is 9.82. The van der Waals surface area contributed by atoms with Crippen LogP contribution in [0.4, 0.5) is 16.2 Å². The molecule has 0 aromatic carbocycles. The highest BCUT2D eigenvalue weighted by Gasteiger charge is 2.48. The van der Waals surface area contributed by atoms with Crippen molar-refractivity contribution in [3.63, 3.8) is 0 Å². The molecule has 2 saturated heterocycles. The van der Waals surface area contributed by atoms with Gasteiger partial charge in [0.2, 0.25) is 0 Å². The summed E-state index contributed by atoms with van der Waals surface area (Å²) in [4.78, 5) is 38.1. The lowest BCUT2D eigenvalue weighted by Gasteiger charge is -2.27. The molecule has 284 valence electrons. The van der Waals surface area contributed by atoms with Crippen LogP contribution in [0.5, 0.6) is 0 Å². The monoisotopic (exact) mass is 854 g/mol. The average Bonchev–Trinajstić information content (AvgIpc) is 3.91. The minimum absolute atomic E-state index is 0.179. The van der Waals surface area contributed by atoms with Gasteiger partial charge >= 0.3 is 6.09 Å². The van der Waals surface area contributed by atoms with E-state index in [1.807, 2.05) is 50.2 Å². The minimum Gasteiger partial charge on any atom is -0.444 e. The summed E-state index contributed by atoms with van der Waals surface area (Å²) >= 11 is 6.94. The van der Waals surface area contributed by atoms with Crippen molar-refractivity contribution in [2.75, 3.05) is 36.8 Å². The molecule has 0 bridgehead atoms. The van der Waals surface area contributed by atoms with Gasteiger partial charge in [0, 0.05) is 46.5 Å². The van der Waals surface area contributed by atoms with Gasteiger partial charge in [-0.05, 0) is 126 Å². The standard InChI is InChI=1S/C21H28BrN5O3.C16H20BrN5O/c1-11-15-10-26(20(29)30-21(2,3)4)8-12(15)5-16(11)25-18-14(19(23)28)7-24-27-9-13(22)6-17(18)27;1-8-11-5-19-4-9(11)2-13(8)21-15-12(16(18)23)6-20-22-7-10(17)3-14(15)22/h6-7,9,11-12,15-16,25H,5,8,10H2,1-4H3,(H2,23,28);3,6-9,11,13,19,21H,2,4-5H2,1H3,(H2,18,23)/t11-,12-,15-,16-;8-,9-,11-,13-/m11/s1. The Hall–Kier alpha value is -3.89. The van der Waals surface area contributed by atoms with Crippen LogP contribution in [0.2, 0.25) is 0 Å². The number of halogens is 2. The highest BCUT2D eigenvalue weighted by Crippen LogP contribution is 2.45. The normalized spacial score (nSPS) is 27.7. The highest BCUT2D eigenvalue weighted by atomic mass is 79.9. The summed E-state index contributed by atoms with van der Waals surface area (Å²) in [6.07, 6.45) is 8.57. The van der Waals surface area contributed by atoms with Crippen LogP contribution in [0.15, 0.2) is 45.9 Å². The number of amides is 3. The predicted molar refractivity (Wildman–Crippen MR) is 210 cm³/mol. The number of likely N-dealkylation sites (tertiary alicyclic amines) is 1. The molecule has 4 aromatic rings. The molecule has 4 aliphatic rings. The third-order valence-corrected chi connectivity index (χ3v) is 12.5. The number of nitrogens with one attached hydrogen (secondary N) is 3. The second kappa shape index (κ2) is 14.4. The van der Waals surface area contributed by atoms with Crippen LogP contribution in [-0.4, -0.2) is 85.9 Å². The topological polar surface area (TPSA) is 186 Å². The number of ether oxygens (including phenoxy) is 1. The molecule has 8 atom stereocenters. The number of primary amides is 2. The number of hydrogen-bond acceptors (Lipinski definition) is 9. The number of carbonyl (C=O) groups excluding carboxylic acids is 3. The molecule has 16 heteroatoms. The number of fused-ring (bicyclic) bond motifs is 4. The number of anilines is 2. The van der Waals surface area contributed by atoms with Crippen molar-refractivity contribution in [3.05, 3.63) is 57.0 Å². The van der Waals surface area contributed by atoms with Gasteiger partial charge in [-0.25, -0.2) is 13.8 Å². The molecule has 0 unspecified atom stereocenters. The molecule has 3 amide bonds. The third kappa shape index (κ3) is 7.46. The van der Waals surface area contributed by atoms with Crippen LogP contribution in [0.3, 0.4) is 0 Å². The van der Waals surface area contributed by atoms with E-state index in [4.69, 9.17) is 16.2 Å². The lowest BCUT2D eigenvalue weighted by molar-refractivity contribution is 0.0276. The Morgan fingerprint density at radius 3 is 1.79 bits per heavy atom. The Kier molecular flexibility index (Phi) is 10.2. The summed E-state index contributed by atoms with van der Waals surface area (Å²) < 4.78 is 10.8. The number of nitrogens with zero attached hydrogens (tertiary/aromatic N) is 5. The second-order valence-electron chi connectivity index (χ2n) is 16.2. The Morgan fingerprint density at radius 1 is 0.811 bits per heavy atom. The van der Waals surface area contributed by atoms with Crippen LogP contribution in [-0.2, 0) is 4.74 Å². The van der Waals surface area contributed by atoms with E-state index in [9.17, 15) is 14.4 Å². The summed E-state index contributed by atoms with van der Waals surface area (Å²) in [5.74, 6) is 2.15. The molecule has 2 saturated carbocycles.